The van der Waals surface area contributed by atoms with E-state index in [1.165, 1.54) is 0 Å². The van der Waals surface area contributed by atoms with Gasteiger partial charge in [-0.2, -0.15) is 0 Å². The molecule has 0 amide bonds. The summed E-state index contributed by atoms with van der Waals surface area (Å²) < 4.78 is 0. The predicted octanol–water partition coefficient (Wildman–Crippen LogP) is 1.82. The minimum Gasteiger partial charge on any atom is -0.318 e. The average Bonchev–Trinajstić information content (AvgIpc) is 2.26. The third-order valence-electron chi connectivity index (χ3n) is 2.84. The summed E-state index contributed by atoms with van der Waals surface area (Å²) in [4.78, 5) is 6.97. The number of likely N-dealkylation sites (N-methyl/N-ethyl adjacent to an activating group) is 2. The van der Waals surface area contributed by atoms with Gasteiger partial charge >= 0.3 is 0 Å². The van der Waals surface area contributed by atoms with E-state index in [0.29, 0.717) is 6.04 Å². The van der Waals surface area contributed by atoms with E-state index in [1.54, 1.807) is 0 Å². The van der Waals surface area contributed by atoms with Crippen LogP contribution in [-0.4, -0.2) is 36.1 Å². The molecule has 90 valence electrons. The Hall–Kier alpha value is -0.930. The van der Waals surface area contributed by atoms with Gasteiger partial charge < -0.3 is 5.32 Å². The average molecular weight is 221 g/mol. The van der Waals surface area contributed by atoms with Crippen LogP contribution in [0.1, 0.15) is 25.2 Å². The lowest BCUT2D eigenvalue weighted by atomic mass is 10.2. The molecule has 1 aromatic heterocycles. The summed E-state index contributed by atoms with van der Waals surface area (Å²) in [5.41, 5.74) is 2.25. The molecule has 1 unspecified atom stereocenters. The molecule has 0 saturated carbocycles. The third kappa shape index (κ3) is 3.91. The largest absolute Gasteiger partial charge is 0.318 e. The Bertz CT molecular complexity index is 312. The standard InChI is InChI=1S/C13H23N3/c1-5-16(12(3)9-14-4)10-13-8-6-7-11(2)15-13/h6-8,12,14H,5,9-10H2,1-4H3. The number of nitrogens with one attached hydrogen (secondary N) is 1. The van der Waals surface area contributed by atoms with Gasteiger partial charge in [-0.3, -0.25) is 9.88 Å². The van der Waals surface area contributed by atoms with Gasteiger partial charge in [0.2, 0.25) is 0 Å². The Morgan fingerprint density at radius 2 is 2.19 bits per heavy atom. The summed E-state index contributed by atoms with van der Waals surface area (Å²) in [6.45, 7) is 9.48. The highest BCUT2D eigenvalue weighted by Crippen LogP contribution is 2.06. The molecule has 1 heterocycles. The van der Waals surface area contributed by atoms with Gasteiger partial charge in [0.15, 0.2) is 0 Å². The molecule has 1 rings (SSSR count). The van der Waals surface area contributed by atoms with Crippen molar-refractivity contribution in [2.45, 2.75) is 33.4 Å². The smallest absolute Gasteiger partial charge is 0.0547 e. The SMILES string of the molecule is CCN(Cc1cccc(C)n1)C(C)CNC. The number of nitrogens with zero attached hydrogens (tertiary/aromatic N) is 2. The monoisotopic (exact) mass is 221 g/mol. The van der Waals surface area contributed by atoms with Crippen LogP contribution in [0.15, 0.2) is 18.2 Å². The molecule has 0 saturated heterocycles. The van der Waals surface area contributed by atoms with Crippen molar-refractivity contribution < 1.29 is 0 Å². The van der Waals surface area contributed by atoms with Gasteiger partial charge in [0.05, 0.1) is 5.69 Å². The Morgan fingerprint density at radius 3 is 2.75 bits per heavy atom. The molecule has 1 N–H and O–H groups in total. The fourth-order valence-corrected chi connectivity index (χ4v) is 1.90. The number of aromatic nitrogens is 1. The van der Waals surface area contributed by atoms with Crippen molar-refractivity contribution in [3.8, 4) is 0 Å². The van der Waals surface area contributed by atoms with Crippen molar-refractivity contribution in [2.24, 2.45) is 0 Å². The van der Waals surface area contributed by atoms with Crippen LogP contribution in [0.4, 0.5) is 0 Å². The van der Waals surface area contributed by atoms with Gasteiger partial charge in [0, 0.05) is 24.8 Å². The second-order valence-corrected chi connectivity index (χ2v) is 4.24. The normalized spacial score (nSPS) is 13.1. The van der Waals surface area contributed by atoms with Gasteiger partial charge in [-0.15, -0.1) is 0 Å². The zero-order valence-corrected chi connectivity index (χ0v) is 10.8. The van der Waals surface area contributed by atoms with Crippen molar-refractivity contribution in [2.75, 3.05) is 20.1 Å². The molecule has 1 atom stereocenters. The molecule has 1 aromatic rings. The fraction of sp³-hybridized carbons (Fsp3) is 0.615. The molecule has 0 aliphatic rings. The molecular weight excluding hydrogens is 198 g/mol. The number of pyridine rings is 1. The first-order chi connectivity index (χ1) is 7.67. The molecule has 0 bridgehead atoms. The highest BCUT2D eigenvalue weighted by atomic mass is 15.2. The molecule has 0 radical (unpaired) electrons. The quantitative estimate of drug-likeness (QED) is 0.794. The van der Waals surface area contributed by atoms with Crippen molar-refractivity contribution >= 4 is 0 Å². The van der Waals surface area contributed by atoms with Crippen molar-refractivity contribution in [1.82, 2.24) is 15.2 Å². The van der Waals surface area contributed by atoms with Crippen LogP contribution >= 0.6 is 0 Å². The molecule has 0 spiro atoms. The lowest BCUT2D eigenvalue weighted by molar-refractivity contribution is 0.206. The van der Waals surface area contributed by atoms with Gasteiger partial charge in [-0.05, 0) is 39.6 Å². The molecule has 3 heteroatoms. The second kappa shape index (κ2) is 6.61. The Kier molecular flexibility index (Phi) is 5.43. The van der Waals surface area contributed by atoms with Gasteiger partial charge in [-0.1, -0.05) is 13.0 Å². The van der Waals surface area contributed by atoms with Crippen LogP contribution < -0.4 is 5.32 Å². The number of rotatable bonds is 6. The molecule has 16 heavy (non-hydrogen) atoms. The van der Waals surface area contributed by atoms with Crippen LogP contribution in [0.3, 0.4) is 0 Å². The van der Waals surface area contributed by atoms with Crippen LogP contribution in [0.5, 0.6) is 0 Å². The molecule has 0 aliphatic heterocycles. The molecule has 0 fully saturated rings. The lowest BCUT2D eigenvalue weighted by Gasteiger charge is -2.27. The zero-order chi connectivity index (χ0) is 12.0. The first-order valence-electron chi connectivity index (χ1n) is 5.98. The molecule has 0 aliphatic carbocycles. The Morgan fingerprint density at radius 1 is 1.44 bits per heavy atom. The number of aryl methyl sites for hydroxylation is 1. The lowest BCUT2D eigenvalue weighted by Crippen LogP contribution is -2.39. The first-order valence-corrected chi connectivity index (χ1v) is 5.98. The maximum Gasteiger partial charge on any atom is 0.0547 e. The van der Waals surface area contributed by atoms with Crippen LogP contribution in [0, 0.1) is 6.92 Å². The summed E-state index contributed by atoms with van der Waals surface area (Å²) >= 11 is 0. The van der Waals surface area contributed by atoms with Gasteiger partial charge in [0.1, 0.15) is 0 Å². The van der Waals surface area contributed by atoms with Crippen molar-refractivity contribution in [1.29, 1.82) is 0 Å². The van der Waals surface area contributed by atoms with Crippen LogP contribution in [0.2, 0.25) is 0 Å². The van der Waals surface area contributed by atoms with Gasteiger partial charge in [0.25, 0.3) is 0 Å². The minimum atomic E-state index is 0.539. The maximum atomic E-state index is 4.54. The van der Waals surface area contributed by atoms with E-state index in [0.717, 1.165) is 31.0 Å². The van der Waals surface area contributed by atoms with E-state index in [4.69, 9.17) is 0 Å². The van der Waals surface area contributed by atoms with Gasteiger partial charge in [-0.25, -0.2) is 0 Å². The van der Waals surface area contributed by atoms with Crippen LogP contribution in [-0.2, 0) is 6.54 Å². The highest BCUT2D eigenvalue weighted by Gasteiger charge is 2.11. The number of hydrogen-bond acceptors (Lipinski definition) is 3. The Balaban J connectivity index is 2.62. The topological polar surface area (TPSA) is 28.2 Å². The van der Waals surface area contributed by atoms with E-state index in [-0.39, 0.29) is 0 Å². The third-order valence-corrected chi connectivity index (χ3v) is 2.84. The van der Waals surface area contributed by atoms with Crippen molar-refractivity contribution in [3.63, 3.8) is 0 Å². The van der Waals surface area contributed by atoms with E-state index < -0.39 is 0 Å². The zero-order valence-electron chi connectivity index (χ0n) is 10.8. The van der Waals surface area contributed by atoms with Crippen LogP contribution in [0.25, 0.3) is 0 Å². The van der Waals surface area contributed by atoms with E-state index in [1.807, 2.05) is 20.0 Å². The highest BCUT2D eigenvalue weighted by molar-refractivity contribution is 5.09. The summed E-state index contributed by atoms with van der Waals surface area (Å²) in [5.74, 6) is 0. The summed E-state index contributed by atoms with van der Waals surface area (Å²) in [6, 6.07) is 6.75. The van der Waals surface area contributed by atoms with E-state index in [2.05, 4.69) is 41.2 Å². The summed E-state index contributed by atoms with van der Waals surface area (Å²) in [5, 5.41) is 3.22. The molecule has 0 aromatic carbocycles. The van der Waals surface area contributed by atoms with E-state index >= 15 is 0 Å². The van der Waals surface area contributed by atoms with Crippen molar-refractivity contribution in [3.05, 3.63) is 29.6 Å². The fourth-order valence-electron chi connectivity index (χ4n) is 1.90. The summed E-state index contributed by atoms with van der Waals surface area (Å²) in [6.07, 6.45) is 0. The second-order valence-electron chi connectivity index (χ2n) is 4.24. The molecule has 3 nitrogen and oxygen atoms in total. The summed E-state index contributed by atoms with van der Waals surface area (Å²) in [7, 11) is 2.00. The first kappa shape index (κ1) is 13.1. The molecular formula is C13H23N3. The predicted molar refractivity (Wildman–Crippen MR) is 68.4 cm³/mol. The number of hydrogen-bond donors (Lipinski definition) is 1. The minimum absolute atomic E-state index is 0.539. The Labute approximate surface area is 98.9 Å². The van der Waals surface area contributed by atoms with E-state index in [9.17, 15) is 0 Å². The maximum absolute atomic E-state index is 4.54.